The lowest BCUT2D eigenvalue weighted by molar-refractivity contribution is -0.139. The molecule has 1 heterocycles. The largest absolute Gasteiger partial charge is 0.389 e. The maximum atomic E-state index is 13.3. The summed E-state index contributed by atoms with van der Waals surface area (Å²) >= 11 is 5.71. The number of likely N-dealkylation sites (N-methyl/N-ethyl adjacent to an activating group) is 1. The van der Waals surface area contributed by atoms with Crippen molar-refractivity contribution >= 4 is 46.1 Å². The topological polar surface area (TPSA) is 100 Å². The number of alkyl halides is 3. The molecular weight excluding hydrogens is 472 g/mol. The molecule has 13 heteroatoms. The van der Waals surface area contributed by atoms with E-state index in [-0.39, 0.29) is 9.87 Å². The Morgan fingerprint density at radius 2 is 1.97 bits per heavy atom. The molecule has 1 atom stereocenters. The Balaban J connectivity index is 1.96. The number of nitrogens with zero attached hydrogens (tertiary/aromatic N) is 1. The van der Waals surface area contributed by atoms with Crippen LogP contribution in [-0.2, 0) is 9.59 Å². The van der Waals surface area contributed by atoms with Gasteiger partial charge < -0.3 is 16.0 Å². The van der Waals surface area contributed by atoms with E-state index in [2.05, 4.69) is 20.9 Å². The maximum Gasteiger partial charge on any atom is 0.389 e. The normalized spacial score (nSPS) is 12.0. The number of carbonyl (C=O) groups is 3. The number of thiazole rings is 1. The smallest absolute Gasteiger partial charge is 0.376 e. The number of benzene rings is 1. The molecular formula is C19H18F4N4O3S2. The first kappa shape index (κ1) is 25.3. The molecule has 32 heavy (non-hydrogen) atoms. The van der Waals surface area contributed by atoms with Crippen molar-refractivity contribution in [2.75, 3.05) is 13.6 Å². The lowest BCUT2D eigenvalue weighted by Crippen LogP contribution is -2.49. The minimum absolute atomic E-state index is 0.137. The lowest BCUT2D eigenvalue weighted by atomic mass is 10.1. The van der Waals surface area contributed by atoms with Crippen LogP contribution in [0.2, 0.25) is 0 Å². The van der Waals surface area contributed by atoms with Gasteiger partial charge in [0.15, 0.2) is 0 Å². The fourth-order valence-electron chi connectivity index (χ4n) is 2.49. The van der Waals surface area contributed by atoms with Crippen LogP contribution in [0.15, 0.2) is 30.5 Å². The number of rotatable bonds is 9. The summed E-state index contributed by atoms with van der Waals surface area (Å²) in [6, 6.07) is 4.13. The van der Waals surface area contributed by atoms with Crippen molar-refractivity contribution in [1.29, 1.82) is 0 Å². The monoisotopic (exact) mass is 490 g/mol. The van der Waals surface area contributed by atoms with Crippen LogP contribution in [0.5, 0.6) is 0 Å². The molecule has 0 aliphatic rings. The Morgan fingerprint density at radius 3 is 2.59 bits per heavy atom. The van der Waals surface area contributed by atoms with E-state index >= 15 is 0 Å². The van der Waals surface area contributed by atoms with Crippen LogP contribution >= 0.6 is 23.6 Å². The Hall–Kier alpha value is -2.93. The first-order valence-corrected chi connectivity index (χ1v) is 10.3. The summed E-state index contributed by atoms with van der Waals surface area (Å²) in [5.74, 6) is -2.86. The van der Waals surface area contributed by atoms with Crippen LogP contribution < -0.4 is 16.0 Å². The predicted molar refractivity (Wildman–Crippen MR) is 114 cm³/mol. The molecule has 0 bridgehead atoms. The first-order chi connectivity index (χ1) is 15.0. The molecule has 1 aromatic heterocycles. The summed E-state index contributed by atoms with van der Waals surface area (Å²) in [6.07, 6.45) is -5.27. The molecule has 2 rings (SSSR count). The molecule has 0 radical (unpaired) electrons. The Bertz CT molecular complexity index is 1010. The van der Waals surface area contributed by atoms with Gasteiger partial charge in [0, 0.05) is 19.0 Å². The van der Waals surface area contributed by atoms with E-state index in [0.29, 0.717) is 10.6 Å². The second-order valence-corrected chi connectivity index (χ2v) is 7.88. The number of amides is 2. The maximum absolute atomic E-state index is 13.3. The average molecular weight is 491 g/mol. The third-order valence-corrected chi connectivity index (χ3v) is 5.48. The molecule has 0 aliphatic heterocycles. The van der Waals surface area contributed by atoms with Gasteiger partial charge in [0.25, 0.3) is 5.91 Å². The molecule has 2 aromatic rings. The average Bonchev–Trinajstić information content (AvgIpc) is 3.23. The molecule has 3 N–H and O–H groups in total. The Labute approximate surface area is 189 Å². The van der Waals surface area contributed by atoms with Crippen LogP contribution in [0.4, 0.5) is 17.6 Å². The molecule has 0 saturated carbocycles. The van der Waals surface area contributed by atoms with Crippen LogP contribution in [-0.4, -0.2) is 53.4 Å². The number of hydrogen-bond acceptors (Lipinski definition) is 6. The van der Waals surface area contributed by atoms with Gasteiger partial charge >= 0.3 is 6.18 Å². The highest BCUT2D eigenvalue weighted by Gasteiger charge is 2.32. The van der Waals surface area contributed by atoms with Crippen molar-refractivity contribution in [3.8, 4) is 10.6 Å². The second-order valence-electron chi connectivity index (χ2n) is 6.44. The number of ketones is 1. The number of Topliss-reactive ketones (excluding diaryl/α,β-unsaturated/α-hetero) is 1. The van der Waals surface area contributed by atoms with Crippen molar-refractivity contribution in [1.82, 2.24) is 20.9 Å². The van der Waals surface area contributed by atoms with Gasteiger partial charge in [-0.25, -0.2) is 9.37 Å². The molecule has 1 unspecified atom stereocenters. The number of thiocarbonyl (C=S) groups is 1. The number of nitrogens with one attached hydrogen (secondary N) is 3. The van der Waals surface area contributed by atoms with Gasteiger partial charge in [0.2, 0.25) is 11.7 Å². The van der Waals surface area contributed by atoms with E-state index in [9.17, 15) is 31.9 Å². The third-order valence-electron chi connectivity index (χ3n) is 4.03. The molecule has 1 aromatic carbocycles. The zero-order valence-corrected chi connectivity index (χ0v) is 18.2. The summed E-state index contributed by atoms with van der Waals surface area (Å²) < 4.78 is 50.9. The van der Waals surface area contributed by atoms with Crippen molar-refractivity contribution in [2.24, 2.45) is 0 Å². The zero-order valence-electron chi connectivity index (χ0n) is 16.6. The highest BCUT2D eigenvalue weighted by Crippen LogP contribution is 2.25. The van der Waals surface area contributed by atoms with Crippen molar-refractivity contribution in [2.45, 2.75) is 25.1 Å². The summed E-state index contributed by atoms with van der Waals surface area (Å²) in [5, 5.41) is 7.21. The van der Waals surface area contributed by atoms with Gasteiger partial charge in [-0.2, -0.15) is 13.2 Å². The van der Waals surface area contributed by atoms with Crippen LogP contribution in [0.1, 0.15) is 22.5 Å². The molecule has 0 fully saturated rings. The minimum atomic E-state index is -4.52. The molecule has 7 nitrogen and oxygen atoms in total. The molecule has 0 aliphatic carbocycles. The van der Waals surface area contributed by atoms with E-state index in [1.165, 1.54) is 31.4 Å². The summed E-state index contributed by atoms with van der Waals surface area (Å²) in [6.45, 7) is -0.589. The van der Waals surface area contributed by atoms with Gasteiger partial charge in [-0.05, 0) is 18.6 Å². The highest BCUT2D eigenvalue weighted by molar-refractivity contribution is 7.82. The van der Waals surface area contributed by atoms with Gasteiger partial charge in [-0.3, -0.25) is 14.4 Å². The fourth-order valence-corrected chi connectivity index (χ4v) is 3.46. The fraction of sp³-hybridized carbons (Fsp3) is 0.316. The van der Waals surface area contributed by atoms with E-state index in [1.54, 1.807) is 6.07 Å². The van der Waals surface area contributed by atoms with Crippen molar-refractivity contribution < 1.29 is 31.9 Å². The number of aromatic nitrogens is 1. The Kier molecular flexibility index (Phi) is 8.78. The lowest BCUT2D eigenvalue weighted by Gasteiger charge is -2.19. The first-order valence-electron chi connectivity index (χ1n) is 9.12. The SMILES string of the molecule is CNC(=S)C(=O)C(CCC(F)(F)F)NC(=O)CNC(=O)c1cnc(-c2cccc(F)c2)s1. The number of hydrogen-bond donors (Lipinski definition) is 3. The van der Waals surface area contributed by atoms with Gasteiger partial charge in [0.1, 0.15) is 20.7 Å². The molecule has 0 spiro atoms. The summed E-state index contributed by atoms with van der Waals surface area (Å²) in [4.78, 5) is 40.4. The van der Waals surface area contributed by atoms with Gasteiger partial charge in [0.05, 0.1) is 18.8 Å². The molecule has 2 amide bonds. The summed E-state index contributed by atoms with van der Waals surface area (Å²) in [5.41, 5.74) is 0.471. The zero-order chi connectivity index (χ0) is 23.9. The minimum Gasteiger partial charge on any atom is -0.376 e. The van der Waals surface area contributed by atoms with E-state index in [0.717, 1.165) is 11.3 Å². The van der Waals surface area contributed by atoms with Gasteiger partial charge in [-0.15, -0.1) is 11.3 Å². The highest BCUT2D eigenvalue weighted by atomic mass is 32.1. The van der Waals surface area contributed by atoms with Gasteiger partial charge in [-0.1, -0.05) is 24.4 Å². The van der Waals surface area contributed by atoms with Crippen molar-refractivity contribution in [3.05, 3.63) is 41.2 Å². The van der Waals surface area contributed by atoms with E-state index < -0.39 is 55.0 Å². The standard InChI is InChI=1S/C19H18F4N4O3S2/c1-24-17(31)15(29)12(5-6-19(21,22)23)27-14(28)9-25-16(30)13-8-26-18(32-13)10-3-2-4-11(20)7-10/h2-4,7-8,12H,5-6,9H2,1H3,(H,24,31)(H,25,30)(H,27,28). The molecule has 172 valence electrons. The third kappa shape index (κ3) is 7.64. The van der Waals surface area contributed by atoms with E-state index in [1.807, 2.05) is 0 Å². The quantitative estimate of drug-likeness (QED) is 0.369. The Morgan fingerprint density at radius 1 is 1.25 bits per heavy atom. The number of halogens is 4. The predicted octanol–water partition coefficient (Wildman–Crippen LogP) is 2.62. The van der Waals surface area contributed by atoms with Crippen LogP contribution in [0.25, 0.3) is 10.6 Å². The van der Waals surface area contributed by atoms with Crippen LogP contribution in [0.3, 0.4) is 0 Å². The van der Waals surface area contributed by atoms with E-state index in [4.69, 9.17) is 12.2 Å². The summed E-state index contributed by atoms with van der Waals surface area (Å²) in [7, 11) is 1.33. The van der Waals surface area contributed by atoms with Crippen molar-refractivity contribution in [3.63, 3.8) is 0 Å². The molecule has 0 saturated heterocycles. The second kappa shape index (κ2) is 11.1. The van der Waals surface area contributed by atoms with Crippen LogP contribution in [0, 0.1) is 5.82 Å². The number of carbonyl (C=O) groups excluding carboxylic acids is 3.